The van der Waals surface area contributed by atoms with Crippen LogP contribution in [0.1, 0.15) is 11.1 Å². The van der Waals surface area contributed by atoms with E-state index in [4.69, 9.17) is 9.84 Å². The van der Waals surface area contributed by atoms with Gasteiger partial charge in [-0.1, -0.05) is 0 Å². The van der Waals surface area contributed by atoms with E-state index in [0.717, 1.165) is 6.54 Å². The fourth-order valence-corrected chi connectivity index (χ4v) is 1.43. The number of aliphatic hydroxyl groups excluding tert-OH is 1. The largest absolute Gasteiger partial charge is 0.371 e. The molecule has 8 heteroatoms. The maximum absolute atomic E-state index is 8.54. The van der Waals surface area contributed by atoms with Gasteiger partial charge < -0.3 is 14.7 Å². The predicted molar refractivity (Wildman–Crippen MR) is 61.1 cm³/mol. The maximum Gasteiger partial charge on any atom is 0.166 e. The van der Waals surface area contributed by atoms with Crippen LogP contribution >= 0.6 is 12.6 Å². The summed E-state index contributed by atoms with van der Waals surface area (Å²) in [5.74, 6) is 0.652. The lowest BCUT2D eigenvalue weighted by molar-refractivity contribution is -0.00125. The zero-order chi connectivity index (χ0) is 12.0. The maximum atomic E-state index is 8.54. The second-order valence-corrected chi connectivity index (χ2v) is 4.20. The molecular weight excluding hydrogens is 230 g/mol. The van der Waals surface area contributed by atoms with E-state index >= 15 is 0 Å². The van der Waals surface area contributed by atoms with Crippen LogP contribution in [0.3, 0.4) is 0 Å². The Morgan fingerprint density at radius 1 is 1.56 bits per heavy atom. The van der Waals surface area contributed by atoms with Gasteiger partial charge in [-0.3, -0.25) is 0 Å². The molecule has 0 amide bonds. The Labute approximate surface area is 99.8 Å². The van der Waals surface area contributed by atoms with Crippen LogP contribution in [-0.4, -0.2) is 64.3 Å². The summed E-state index contributed by atoms with van der Waals surface area (Å²) < 4.78 is 6.55. The molecule has 0 aliphatic heterocycles. The number of nitrogens with zero attached hydrogens (tertiary/aromatic N) is 5. The highest BCUT2D eigenvalue weighted by molar-refractivity contribution is 7.80. The van der Waals surface area contributed by atoms with Gasteiger partial charge >= 0.3 is 0 Å². The Bertz CT molecular complexity index is 306. The van der Waals surface area contributed by atoms with E-state index in [9.17, 15) is 0 Å². The molecule has 1 atom stereocenters. The summed E-state index contributed by atoms with van der Waals surface area (Å²) in [6.07, 6.45) is 0. The van der Waals surface area contributed by atoms with Gasteiger partial charge in [0.2, 0.25) is 0 Å². The molecule has 0 aromatic carbocycles. The van der Waals surface area contributed by atoms with Crippen LogP contribution in [0.5, 0.6) is 0 Å². The number of rotatable bonds is 7. The van der Waals surface area contributed by atoms with Crippen LogP contribution < -0.4 is 0 Å². The van der Waals surface area contributed by atoms with Crippen molar-refractivity contribution in [2.45, 2.75) is 11.8 Å². The highest BCUT2D eigenvalue weighted by Gasteiger charge is 2.15. The van der Waals surface area contributed by atoms with Gasteiger partial charge in [0.1, 0.15) is 6.79 Å². The summed E-state index contributed by atoms with van der Waals surface area (Å²) in [5, 5.41) is 19.7. The number of thiol groups is 1. The topological polar surface area (TPSA) is 76.3 Å². The normalized spacial score (nSPS) is 13.3. The average molecular weight is 247 g/mol. The van der Waals surface area contributed by atoms with Crippen molar-refractivity contribution in [3.63, 3.8) is 0 Å². The molecule has 1 aromatic rings. The van der Waals surface area contributed by atoms with Crippen molar-refractivity contribution < 1.29 is 9.84 Å². The van der Waals surface area contributed by atoms with Crippen molar-refractivity contribution in [3.8, 4) is 0 Å². The molecule has 0 bridgehead atoms. The fourth-order valence-electron chi connectivity index (χ4n) is 1.14. The monoisotopic (exact) mass is 247 g/mol. The molecule has 1 heterocycles. The number of likely N-dealkylation sites (N-methyl/N-ethyl adjacent to an activating group) is 1. The molecule has 1 unspecified atom stereocenters. The summed E-state index contributed by atoms with van der Waals surface area (Å²) in [4.78, 5) is 2.04. The third-order valence-electron chi connectivity index (χ3n) is 1.98. The minimum absolute atomic E-state index is 0.232. The van der Waals surface area contributed by atoms with E-state index in [0.29, 0.717) is 12.4 Å². The molecule has 16 heavy (non-hydrogen) atoms. The van der Waals surface area contributed by atoms with Crippen LogP contribution in [0.25, 0.3) is 0 Å². The highest BCUT2D eigenvalue weighted by atomic mass is 32.1. The highest BCUT2D eigenvalue weighted by Crippen LogP contribution is 2.16. The lowest BCUT2D eigenvalue weighted by Crippen LogP contribution is -2.21. The van der Waals surface area contributed by atoms with Crippen LogP contribution in [0, 0.1) is 0 Å². The number of aliphatic hydroxyl groups is 1. The third-order valence-corrected chi connectivity index (χ3v) is 2.36. The Morgan fingerprint density at radius 2 is 2.31 bits per heavy atom. The molecule has 7 nitrogen and oxygen atoms in total. The molecule has 0 fully saturated rings. The van der Waals surface area contributed by atoms with Crippen molar-refractivity contribution in [2.75, 3.05) is 34.0 Å². The summed E-state index contributed by atoms with van der Waals surface area (Å²) in [6.45, 7) is 1.50. The van der Waals surface area contributed by atoms with Gasteiger partial charge in [0.15, 0.2) is 5.82 Å². The first-order valence-corrected chi connectivity index (χ1v) is 5.44. The van der Waals surface area contributed by atoms with Gasteiger partial charge in [0.25, 0.3) is 0 Å². The molecule has 0 spiro atoms. The van der Waals surface area contributed by atoms with Crippen molar-refractivity contribution in [3.05, 3.63) is 5.82 Å². The lowest BCUT2D eigenvalue weighted by atomic mass is 10.4. The molecular formula is C8H17N5O2S. The Kier molecular flexibility index (Phi) is 5.67. The fraction of sp³-hybridized carbons (Fsp3) is 0.875. The molecule has 0 saturated carbocycles. The Balaban J connectivity index is 2.55. The van der Waals surface area contributed by atoms with Gasteiger partial charge in [-0.15, -0.1) is 5.10 Å². The molecule has 0 aliphatic rings. The standard InChI is InChI=1S/C8H17N5O2S/c1-12(2)3-4-13-8(9-10-11-13)7(16)5-15-6-14/h7,14,16H,3-6H2,1-2H3. The van der Waals surface area contributed by atoms with Crippen molar-refractivity contribution in [2.24, 2.45) is 0 Å². The number of aromatic nitrogens is 4. The molecule has 0 aliphatic carbocycles. The minimum atomic E-state index is -0.323. The minimum Gasteiger partial charge on any atom is -0.371 e. The average Bonchev–Trinajstić information content (AvgIpc) is 2.71. The first-order valence-electron chi connectivity index (χ1n) is 4.92. The van der Waals surface area contributed by atoms with Gasteiger partial charge in [-0.2, -0.15) is 12.6 Å². The van der Waals surface area contributed by atoms with Gasteiger partial charge in [-0.05, 0) is 24.5 Å². The second-order valence-electron chi connectivity index (χ2n) is 3.58. The smallest absolute Gasteiger partial charge is 0.166 e. The van der Waals surface area contributed by atoms with E-state index in [-0.39, 0.29) is 18.6 Å². The van der Waals surface area contributed by atoms with Crippen LogP contribution in [0.4, 0.5) is 0 Å². The Morgan fingerprint density at radius 3 is 2.94 bits per heavy atom. The van der Waals surface area contributed by atoms with Crippen LogP contribution in [0.2, 0.25) is 0 Å². The van der Waals surface area contributed by atoms with E-state index in [1.807, 2.05) is 19.0 Å². The molecule has 1 aromatic heterocycles. The van der Waals surface area contributed by atoms with Crippen molar-refractivity contribution in [1.29, 1.82) is 0 Å². The summed E-state index contributed by atoms with van der Waals surface area (Å²) in [6, 6.07) is 0. The number of hydrogen-bond donors (Lipinski definition) is 2. The number of ether oxygens (including phenoxy) is 1. The van der Waals surface area contributed by atoms with Crippen molar-refractivity contribution >= 4 is 12.6 Å². The van der Waals surface area contributed by atoms with Gasteiger partial charge in [0.05, 0.1) is 18.4 Å². The van der Waals surface area contributed by atoms with Crippen LogP contribution in [0.15, 0.2) is 0 Å². The van der Waals surface area contributed by atoms with Gasteiger partial charge in [0, 0.05) is 6.54 Å². The van der Waals surface area contributed by atoms with Crippen molar-refractivity contribution in [1.82, 2.24) is 25.1 Å². The van der Waals surface area contributed by atoms with E-state index in [1.165, 1.54) is 0 Å². The first-order chi connectivity index (χ1) is 7.65. The van der Waals surface area contributed by atoms with E-state index < -0.39 is 0 Å². The summed E-state index contributed by atoms with van der Waals surface area (Å²) in [7, 11) is 3.97. The summed E-state index contributed by atoms with van der Waals surface area (Å²) >= 11 is 4.32. The van der Waals surface area contributed by atoms with Crippen LogP contribution in [-0.2, 0) is 11.3 Å². The molecule has 92 valence electrons. The quantitative estimate of drug-likeness (QED) is 0.484. The SMILES string of the molecule is CN(C)CCn1nnnc1C(S)COCO. The Hall–Kier alpha value is -0.700. The first kappa shape index (κ1) is 13.4. The molecule has 1 rings (SSSR count). The second kappa shape index (κ2) is 6.79. The zero-order valence-corrected chi connectivity index (χ0v) is 10.3. The zero-order valence-electron chi connectivity index (χ0n) is 9.44. The van der Waals surface area contributed by atoms with E-state index in [1.54, 1.807) is 4.68 Å². The number of tetrazole rings is 1. The number of hydrogen-bond acceptors (Lipinski definition) is 7. The summed E-state index contributed by atoms with van der Waals surface area (Å²) in [5.41, 5.74) is 0. The van der Waals surface area contributed by atoms with Gasteiger partial charge in [-0.25, -0.2) is 4.68 Å². The molecule has 0 radical (unpaired) electrons. The van der Waals surface area contributed by atoms with E-state index in [2.05, 4.69) is 28.2 Å². The lowest BCUT2D eigenvalue weighted by Gasteiger charge is -2.12. The molecule has 0 saturated heterocycles. The molecule has 1 N–H and O–H groups in total. The predicted octanol–water partition coefficient (Wildman–Crippen LogP) is -0.828. The third kappa shape index (κ3) is 4.05.